The number of rotatable bonds is 5. The summed E-state index contributed by atoms with van der Waals surface area (Å²) < 4.78 is 65.1. The van der Waals surface area contributed by atoms with Crippen molar-refractivity contribution in [2.45, 2.75) is 83.7 Å². The Morgan fingerprint density at radius 3 is 2.53 bits per heavy atom. The molecule has 0 radical (unpaired) electrons. The van der Waals surface area contributed by atoms with Gasteiger partial charge >= 0.3 is 12.2 Å². The van der Waals surface area contributed by atoms with Crippen LogP contribution in [0.5, 0.6) is 6.01 Å². The van der Waals surface area contributed by atoms with E-state index in [1.54, 1.807) is 20.2 Å². The molecule has 1 aromatic carbocycles. The van der Waals surface area contributed by atoms with Crippen molar-refractivity contribution in [1.29, 1.82) is 0 Å². The number of ether oxygens (including phenoxy) is 2. The van der Waals surface area contributed by atoms with Gasteiger partial charge in [-0.3, -0.25) is 14.7 Å². The first-order chi connectivity index (χ1) is 25.0. The zero-order chi connectivity index (χ0) is 39.1. The number of nitrogen functional groups attached to an aromatic ring is 1. The van der Waals surface area contributed by atoms with Crippen LogP contribution >= 0.6 is 11.6 Å². The molecule has 0 aliphatic carbocycles. The molecule has 292 valence electrons. The van der Waals surface area contributed by atoms with Crippen LogP contribution in [-0.2, 0) is 28.7 Å². The van der Waals surface area contributed by atoms with Crippen molar-refractivity contribution in [1.82, 2.24) is 19.8 Å². The van der Waals surface area contributed by atoms with E-state index in [1.165, 1.54) is 37.3 Å². The van der Waals surface area contributed by atoms with E-state index >= 15 is 0 Å². The summed E-state index contributed by atoms with van der Waals surface area (Å²) in [7, 11) is 4.62. The van der Waals surface area contributed by atoms with E-state index in [-0.39, 0.29) is 41.9 Å². The van der Waals surface area contributed by atoms with Gasteiger partial charge in [0.15, 0.2) is 0 Å². The molecule has 6 rings (SSSR count). The number of benzene rings is 1. The van der Waals surface area contributed by atoms with E-state index in [4.69, 9.17) is 32.5 Å². The molecule has 2 unspecified atom stereocenters. The Morgan fingerprint density at radius 1 is 1.19 bits per heavy atom. The van der Waals surface area contributed by atoms with Crippen molar-refractivity contribution in [3.05, 3.63) is 63.2 Å². The molecule has 2 fully saturated rings. The number of anilines is 2. The number of fused-ring (bicyclic) bond motifs is 2. The van der Waals surface area contributed by atoms with Crippen LogP contribution in [0.15, 0.2) is 40.8 Å². The second-order valence-electron chi connectivity index (χ2n) is 14.0. The number of hydrogen-bond acceptors (Lipinski definition) is 10. The summed E-state index contributed by atoms with van der Waals surface area (Å²) in [5.74, 6) is 0.173. The average Bonchev–Trinajstić information content (AvgIpc) is 3.51. The molecule has 2 saturated heterocycles. The van der Waals surface area contributed by atoms with Crippen LogP contribution in [0.4, 0.5) is 29.1 Å². The normalized spacial score (nSPS) is 22.4. The minimum Gasteiger partial charge on any atom is -0.467 e. The summed E-state index contributed by atoms with van der Waals surface area (Å²) in [5.41, 5.74) is 13.8. The molecule has 16 heteroatoms. The fraction of sp³-hybridized carbons (Fsp3) is 0.568. The molecule has 0 spiro atoms. The predicted molar refractivity (Wildman–Crippen MR) is 200 cm³/mol. The van der Waals surface area contributed by atoms with Gasteiger partial charge in [-0.05, 0) is 68.5 Å². The Labute approximate surface area is 314 Å². The van der Waals surface area contributed by atoms with Crippen LogP contribution in [0.25, 0.3) is 0 Å². The zero-order valence-corrected chi connectivity index (χ0v) is 32.1. The number of carbonyl (C=O) groups excluding carboxylic acids is 1. The van der Waals surface area contributed by atoms with Gasteiger partial charge in [0, 0.05) is 56.9 Å². The van der Waals surface area contributed by atoms with Gasteiger partial charge in [-0.1, -0.05) is 31.9 Å². The monoisotopic (exact) mass is 766 g/mol. The smallest absolute Gasteiger partial charge is 0.418 e. The molecule has 0 bridgehead atoms. The first-order valence-electron chi connectivity index (χ1n) is 17.8. The first kappa shape index (κ1) is 41.8. The Morgan fingerprint density at radius 2 is 1.91 bits per heavy atom. The van der Waals surface area contributed by atoms with Gasteiger partial charge in [0.25, 0.3) is 5.91 Å². The summed E-state index contributed by atoms with van der Waals surface area (Å²) in [6.45, 7) is 9.85. The highest BCUT2D eigenvalue weighted by molar-refractivity contribution is 6.31. The predicted octanol–water partition coefficient (Wildman–Crippen LogP) is 6.65. The number of alkyl halides is 3. The molecule has 1 amide bonds. The van der Waals surface area contributed by atoms with E-state index in [0.717, 1.165) is 37.5 Å². The van der Waals surface area contributed by atoms with Gasteiger partial charge in [-0.2, -0.15) is 23.1 Å². The SMILES string of the molecule is CC12CCCN1C/C(=C\F)C2.CCC.COc1nc2c(c(N3CCCN=C(/C=C(\N)C(=O)N(C)C)C3)n1)COC(c1cc(N)cc(Cl)c1C(F)(F)F)C2. The van der Waals surface area contributed by atoms with Crippen LogP contribution in [0.2, 0.25) is 5.02 Å². The summed E-state index contributed by atoms with van der Waals surface area (Å²) in [6.07, 6.45) is 2.07. The van der Waals surface area contributed by atoms with Gasteiger partial charge in [0.2, 0.25) is 0 Å². The number of nitrogens with zero attached hydrogens (tertiary/aromatic N) is 6. The van der Waals surface area contributed by atoms with Gasteiger partial charge in [0.05, 0.1) is 60.4 Å². The summed E-state index contributed by atoms with van der Waals surface area (Å²) >= 11 is 5.96. The maximum Gasteiger partial charge on any atom is 0.418 e. The highest BCUT2D eigenvalue weighted by atomic mass is 35.5. The minimum absolute atomic E-state index is 0.0169. The number of methoxy groups -OCH3 is 1. The summed E-state index contributed by atoms with van der Waals surface area (Å²) in [5, 5.41) is -0.496. The molecule has 2 aromatic rings. The number of hydrogen-bond donors (Lipinski definition) is 2. The second-order valence-corrected chi connectivity index (χ2v) is 14.5. The van der Waals surface area contributed by atoms with Crippen LogP contribution in [-0.4, -0.2) is 90.9 Å². The van der Waals surface area contributed by atoms with E-state index in [1.807, 2.05) is 4.90 Å². The van der Waals surface area contributed by atoms with Crippen molar-refractivity contribution in [2.24, 2.45) is 10.7 Å². The first-order valence-corrected chi connectivity index (χ1v) is 18.1. The topological polar surface area (TPSA) is 135 Å². The summed E-state index contributed by atoms with van der Waals surface area (Å²) in [6, 6.07) is 2.36. The Hall–Kier alpha value is -3.95. The maximum atomic E-state index is 13.9. The maximum absolute atomic E-state index is 13.9. The Bertz CT molecular complexity index is 1720. The number of amides is 1. The van der Waals surface area contributed by atoms with Crippen molar-refractivity contribution >= 4 is 34.7 Å². The van der Waals surface area contributed by atoms with Crippen LogP contribution < -0.4 is 21.1 Å². The Kier molecular flexibility index (Phi) is 14.1. The third-order valence-corrected chi connectivity index (χ3v) is 9.70. The second kappa shape index (κ2) is 17.9. The number of aromatic nitrogens is 2. The van der Waals surface area contributed by atoms with Gasteiger partial charge in [0.1, 0.15) is 5.82 Å². The fourth-order valence-electron chi connectivity index (χ4n) is 6.98. The molecule has 4 aliphatic rings. The van der Waals surface area contributed by atoms with Crippen molar-refractivity contribution in [2.75, 3.05) is 64.6 Å². The number of halogens is 5. The molecular formula is C37H51ClF4N8O3. The fourth-order valence-corrected chi connectivity index (χ4v) is 7.32. The molecule has 2 atom stereocenters. The van der Waals surface area contributed by atoms with E-state index in [2.05, 4.69) is 40.6 Å². The molecule has 1 aromatic heterocycles. The molecule has 53 heavy (non-hydrogen) atoms. The molecule has 0 saturated carbocycles. The zero-order valence-electron chi connectivity index (χ0n) is 31.3. The number of carbonyl (C=O) groups is 1. The van der Waals surface area contributed by atoms with Gasteiger partial charge in [-0.25, -0.2) is 4.39 Å². The quantitative estimate of drug-likeness (QED) is 0.195. The van der Waals surface area contributed by atoms with Gasteiger partial charge < -0.3 is 30.7 Å². The van der Waals surface area contributed by atoms with Gasteiger partial charge in [-0.15, -0.1) is 0 Å². The van der Waals surface area contributed by atoms with Crippen LogP contribution in [0.3, 0.4) is 0 Å². The van der Waals surface area contributed by atoms with E-state index in [0.29, 0.717) is 54.4 Å². The lowest BCUT2D eigenvalue weighted by Crippen LogP contribution is -2.34. The molecule has 4 N–H and O–H groups in total. The number of nitrogens with two attached hydrogens (primary N) is 2. The highest BCUT2D eigenvalue weighted by Gasteiger charge is 2.42. The molecular weight excluding hydrogens is 716 g/mol. The largest absolute Gasteiger partial charge is 0.467 e. The number of likely N-dealkylation sites (N-methyl/N-ethyl adjacent to an activating group) is 1. The average molecular weight is 767 g/mol. The van der Waals surface area contributed by atoms with E-state index in [9.17, 15) is 22.4 Å². The lowest BCUT2D eigenvalue weighted by molar-refractivity contribution is -0.139. The van der Waals surface area contributed by atoms with Crippen LogP contribution in [0, 0.1) is 0 Å². The third kappa shape index (κ3) is 10.2. The number of aliphatic imine (C=N–C) groups is 1. The van der Waals surface area contributed by atoms with Crippen molar-refractivity contribution in [3.63, 3.8) is 0 Å². The minimum atomic E-state index is -4.70. The Balaban J connectivity index is 0.000000372. The lowest BCUT2D eigenvalue weighted by atomic mass is 9.94. The van der Waals surface area contributed by atoms with Crippen molar-refractivity contribution < 1.29 is 31.8 Å². The lowest BCUT2D eigenvalue weighted by Gasteiger charge is -2.31. The standard InChI is InChI=1S/C25H29ClF3N7O3.C9H14FN.C3H8/c1-35(2)23(37)18(31)9-14-11-36(6-4-5-32-14)22-16-12-39-20(10-19(16)33-24(34-22)38-3)15-7-13(30)8-17(26)21(15)25(27,28)29;1-9-3-2-4-11(9)7-8(5-9)6-10;1-3-2/h7-9,20H,4-6,10-12,30-31H2,1-3H3;6H,2-5,7H2,1H3;3H2,1-2H3/b18-9-;8-6-;. The summed E-state index contributed by atoms with van der Waals surface area (Å²) in [4.78, 5) is 31.5. The van der Waals surface area contributed by atoms with E-state index < -0.39 is 22.9 Å². The van der Waals surface area contributed by atoms with Crippen LogP contribution in [0.1, 0.15) is 81.4 Å². The molecule has 4 aliphatic heterocycles. The molecule has 5 heterocycles. The highest BCUT2D eigenvalue weighted by Crippen LogP contribution is 2.45. The van der Waals surface area contributed by atoms with Crippen molar-refractivity contribution in [3.8, 4) is 6.01 Å². The molecule has 11 nitrogen and oxygen atoms in total. The third-order valence-electron chi connectivity index (χ3n) is 9.41.